The van der Waals surface area contributed by atoms with Crippen molar-refractivity contribution >= 4 is 17.6 Å². The van der Waals surface area contributed by atoms with Gasteiger partial charge in [-0.05, 0) is 37.1 Å². The van der Waals surface area contributed by atoms with Crippen molar-refractivity contribution in [3.8, 4) is 5.75 Å². The van der Waals surface area contributed by atoms with Crippen molar-refractivity contribution in [2.45, 2.75) is 38.8 Å². The highest BCUT2D eigenvalue weighted by atomic mass is 35.5. The molecule has 20 heavy (non-hydrogen) atoms. The quantitative estimate of drug-likeness (QED) is 0.877. The van der Waals surface area contributed by atoms with Gasteiger partial charge in [0.2, 0.25) is 0 Å². The second-order valence-electron chi connectivity index (χ2n) is 5.28. The van der Waals surface area contributed by atoms with Crippen LogP contribution in [-0.4, -0.2) is 41.2 Å². The smallest absolute Gasteiger partial charge is 0.317 e. The molecule has 0 radical (unpaired) electrons. The Labute approximate surface area is 124 Å². The van der Waals surface area contributed by atoms with Gasteiger partial charge in [0.15, 0.2) is 0 Å². The molecule has 0 saturated carbocycles. The van der Waals surface area contributed by atoms with Gasteiger partial charge in [0.25, 0.3) is 0 Å². The standard InChI is InChI=1S/C15H20ClNO3/c1-3-10(2)17(9-15(18)19)8-13-7-11-6-12(16)4-5-14(11)20-13/h4-6,10,13H,3,7-9H2,1-2H3,(H,18,19). The third-order valence-electron chi connectivity index (χ3n) is 3.75. The van der Waals surface area contributed by atoms with Gasteiger partial charge in [-0.3, -0.25) is 9.69 Å². The molecule has 4 nitrogen and oxygen atoms in total. The molecule has 0 fully saturated rings. The first-order valence-corrected chi connectivity index (χ1v) is 7.28. The average Bonchev–Trinajstić information content (AvgIpc) is 2.77. The number of aliphatic carboxylic acids is 1. The maximum Gasteiger partial charge on any atom is 0.317 e. The summed E-state index contributed by atoms with van der Waals surface area (Å²) in [5, 5.41) is 9.72. The molecule has 1 aromatic rings. The topological polar surface area (TPSA) is 49.8 Å². The van der Waals surface area contributed by atoms with Gasteiger partial charge >= 0.3 is 5.97 Å². The predicted molar refractivity (Wildman–Crippen MR) is 78.5 cm³/mol. The minimum Gasteiger partial charge on any atom is -0.488 e. The van der Waals surface area contributed by atoms with Gasteiger partial charge in [-0.25, -0.2) is 0 Å². The zero-order chi connectivity index (χ0) is 14.7. The molecule has 0 bridgehead atoms. The Hall–Kier alpha value is -1.26. The molecule has 1 aromatic carbocycles. The molecular formula is C15H20ClNO3. The molecule has 0 saturated heterocycles. The van der Waals surface area contributed by atoms with E-state index >= 15 is 0 Å². The molecule has 0 spiro atoms. The number of fused-ring (bicyclic) bond motifs is 1. The lowest BCUT2D eigenvalue weighted by molar-refractivity contribution is -0.139. The summed E-state index contributed by atoms with van der Waals surface area (Å²) in [6, 6.07) is 5.83. The number of carboxylic acid groups (broad SMARTS) is 1. The van der Waals surface area contributed by atoms with Crippen molar-refractivity contribution in [3.05, 3.63) is 28.8 Å². The van der Waals surface area contributed by atoms with E-state index < -0.39 is 5.97 Å². The first-order valence-electron chi connectivity index (χ1n) is 6.90. The monoisotopic (exact) mass is 297 g/mol. The number of halogens is 1. The van der Waals surface area contributed by atoms with Gasteiger partial charge in [-0.1, -0.05) is 18.5 Å². The van der Waals surface area contributed by atoms with Crippen LogP contribution in [-0.2, 0) is 11.2 Å². The summed E-state index contributed by atoms with van der Waals surface area (Å²) in [5.74, 6) is 0.0580. The maximum atomic E-state index is 11.0. The van der Waals surface area contributed by atoms with Gasteiger partial charge in [0.1, 0.15) is 11.9 Å². The second-order valence-corrected chi connectivity index (χ2v) is 5.71. The lowest BCUT2D eigenvalue weighted by Crippen LogP contribution is -2.43. The van der Waals surface area contributed by atoms with Gasteiger partial charge in [0, 0.05) is 24.0 Å². The summed E-state index contributed by atoms with van der Waals surface area (Å²) in [6.07, 6.45) is 1.69. The summed E-state index contributed by atoms with van der Waals surface area (Å²) in [4.78, 5) is 12.9. The van der Waals surface area contributed by atoms with Crippen LogP contribution < -0.4 is 4.74 Å². The molecule has 1 aliphatic heterocycles. The molecule has 2 rings (SSSR count). The Bertz CT molecular complexity index is 492. The first kappa shape index (κ1) is 15.1. The number of ether oxygens (including phenoxy) is 1. The Balaban J connectivity index is 2.01. The van der Waals surface area contributed by atoms with E-state index in [1.807, 2.05) is 30.0 Å². The van der Waals surface area contributed by atoms with Crippen molar-refractivity contribution in [1.29, 1.82) is 0 Å². The molecule has 1 heterocycles. The third-order valence-corrected chi connectivity index (χ3v) is 3.99. The Kier molecular flexibility index (Phi) is 4.89. The van der Waals surface area contributed by atoms with E-state index in [0.29, 0.717) is 11.6 Å². The highest BCUT2D eigenvalue weighted by Crippen LogP contribution is 2.31. The van der Waals surface area contributed by atoms with Crippen molar-refractivity contribution in [2.75, 3.05) is 13.1 Å². The fourth-order valence-corrected chi connectivity index (χ4v) is 2.68. The van der Waals surface area contributed by atoms with E-state index in [2.05, 4.69) is 6.92 Å². The number of rotatable bonds is 6. The molecule has 0 aliphatic carbocycles. The molecule has 5 heteroatoms. The number of hydrogen-bond donors (Lipinski definition) is 1. The molecule has 0 amide bonds. The molecule has 2 unspecified atom stereocenters. The minimum absolute atomic E-state index is 0.00295. The Morgan fingerprint density at radius 3 is 3.00 bits per heavy atom. The van der Waals surface area contributed by atoms with Gasteiger partial charge in [-0.2, -0.15) is 0 Å². The number of carbonyl (C=O) groups is 1. The van der Waals surface area contributed by atoms with E-state index in [1.165, 1.54) is 0 Å². The summed E-state index contributed by atoms with van der Waals surface area (Å²) in [7, 11) is 0. The number of hydrogen-bond acceptors (Lipinski definition) is 3. The highest BCUT2D eigenvalue weighted by molar-refractivity contribution is 6.30. The van der Waals surface area contributed by atoms with Crippen molar-refractivity contribution < 1.29 is 14.6 Å². The fourth-order valence-electron chi connectivity index (χ4n) is 2.48. The highest BCUT2D eigenvalue weighted by Gasteiger charge is 2.27. The molecule has 1 aliphatic rings. The van der Waals surface area contributed by atoms with Crippen LogP contribution in [0.2, 0.25) is 5.02 Å². The lowest BCUT2D eigenvalue weighted by atomic mass is 10.1. The number of benzene rings is 1. The first-order chi connectivity index (χ1) is 9.49. The number of carboxylic acids is 1. The zero-order valence-corrected chi connectivity index (χ0v) is 12.6. The Morgan fingerprint density at radius 2 is 2.35 bits per heavy atom. The van der Waals surface area contributed by atoms with Crippen molar-refractivity contribution in [3.63, 3.8) is 0 Å². The average molecular weight is 298 g/mol. The molecule has 2 atom stereocenters. The zero-order valence-electron chi connectivity index (χ0n) is 11.8. The second kappa shape index (κ2) is 6.46. The van der Waals surface area contributed by atoms with Crippen LogP contribution in [0, 0.1) is 0 Å². The van der Waals surface area contributed by atoms with E-state index in [0.717, 1.165) is 24.2 Å². The van der Waals surface area contributed by atoms with Crippen LogP contribution in [0.25, 0.3) is 0 Å². The largest absolute Gasteiger partial charge is 0.488 e. The van der Waals surface area contributed by atoms with Crippen LogP contribution in [0.3, 0.4) is 0 Å². The van der Waals surface area contributed by atoms with E-state index in [9.17, 15) is 4.79 Å². The number of nitrogens with zero attached hydrogens (tertiary/aromatic N) is 1. The van der Waals surface area contributed by atoms with E-state index in [-0.39, 0.29) is 18.7 Å². The minimum atomic E-state index is -0.802. The van der Waals surface area contributed by atoms with E-state index in [1.54, 1.807) is 0 Å². The normalized spacial score (nSPS) is 18.7. The van der Waals surface area contributed by atoms with Gasteiger partial charge in [-0.15, -0.1) is 0 Å². The predicted octanol–water partition coefficient (Wildman–Crippen LogP) is 2.83. The summed E-state index contributed by atoms with van der Waals surface area (Å²) in [5.41, 5.74) is 1.10. The van der Waals surface area contributed by atoms with Crippen molar-refractivity contribution in [1.82, 2.24) is 4.90 Å². The molecular weight excluding hydrogens is 278 g/mol. The molecule has 1 N–H and O–H groups in total. The molecule has 110 valence electrons. The van der Waals surface area contributed by atoms with Crippen molar-refractivity contribution in [2.24, 2.45) is 0 Å². The third kappa shape index (κ3) is 3.64. The fraction of sp³-hybridized carbons (Fsp3) is 0.533. The maximum absolute atomic E-state index is 11.0. The van der Waals surface area contributed by atoms with Crippen LogP contribution >= 0.6 is 11.6 Å². The Morgan fingerprint density at radius 1 is 1.60 bits per heavy atom. The summed E-state index contributed by atoms with van der Waals surface area (Å²) >= 11 is 5.97. The van der Waals surface area contributed by atoms with Gasteiger partial charge in [0.05, 0.1) is 6.54 Å². The van der Waals surface area contributed by atoms with Crippen LogP contribution in [0.1, 0.15) is 25.8 Å². The lowest BCUT2D eigenvalue weighted by Gasteiger charge is -2.28. The van der Waals surface area contributed by atoms with Crippen LogP contribution in [0.4, 0.5) is 0 Å². The van der Waals surface area contributed by atoms with E-state index in [4.69, 9.17) is 21.4 Å². The van der Waals surface area contributed by atoms with Gasteiger partial charge < -0.3 is 9.84 Å². The van der Waals surface area contributed by atoms with Crippen LogP contribution in [0.15, 0.2) is 18.2 Å². The summed E-state index contributed by atoms with van der Waals surface area (Å²) < 4.78 is 5.88. The summed E-state index contributed by atoms with van der Waals surface area (Å²) in [6.45, 7) is 4.77. The van der Waals surface area contributed by atoms with Crippen LogP contribution in [0.5, 0.6) is 5.75 Å². The molecule has 0 aromatic heterocycles. The SMILES string of the molecule is CCC(C)N(CC(=O)O)CC1Cc2cc(Cl)ccc2O1.